The van der Waals surface area contributed by atoms with Gasteiger partial charge in [-0.2, -0.15) is 21.9 Å². The largest absolute Gasteiger partial charge is 0.243 e. The van der Waals surface area contributed by atoms with Gasteiger partial charge in [-0.3, -0.25) is 0 Å². The van der Waals surface area contributed by atoms with E-state index < -0.39 is 6.15 Å². The van der Waals surface area contributed by atoms with Crippen LogP contribution in [0.5, 0.6) is 0 Å². The Hall–Kier alpha value is -3.85. The molecule has 1 heterocycles. The van der Waals surface area contributed by atoms with Crippen LogP contribution < -0.4 is 26.4 Å². The molecule has 0 amide bonds. The average Bonchev–Trinajstić information content (AvgIpc) is 3.39. The summed E-state index contributed by atoms with van der Waals surface area (Å²) in [6, 6.07) is 43.5. The highest BCUT2D eigenvalue weighted by molar-refractivity contribution is 7.19. The first-order valence-electron chi connectivity index (χ1n) is 13.6. The molecule has 1 aromatic heterocycles. The lowest BCUT2D eigenvalue weighted by atomic mass is 9.13. The number of hydrogen-bond acceptors (Lipinski definition) is 0. The van der Waals surface area contributed by atoms with Gasteiger partial charge in [-0.05, 0) is 12.8 Å². The molecule has 0 bridgehead atoms. The van der Waals surface area contributed by atoms with Crippen molar-refractivity contribution in [2.45, 2.75) is 39.2 Å². The topological polar surface area (TPSA) is 8.81 Å². The van der Waals surface area contributed by atoms with E-state index in [-0.39, 0.29) is 0 Å². The Morgan fingerprint density at radius 1 is 0.568 bits per heavy atom. The van der Waals surface area contributed by atoms with Crippen LogP contribution in [-0.4, -0.2) is 10.7 Å². The fourth-order valence-corrected chi connectivity index (χ4v) is 5.48. The van der Waals surface area contributed by atoms with E-state index in [0.29, 0.717) is 0 Å². The van der Waals surface area contributed by atoms with Gasteiger partial charge >= 0.3 is 0 Å². The molecular formula is C34H39BN2. The summed E-state index contributed by atoms with van der Waals surface area (Å²) < 4.78 is 4.33. The zero-order chi connectivity index (χ0) is 25.8. The van der Waals surface area contributed by atoms with Crippen molar-refractivity contribution < 1.29 is 4.57 Å². The van der Waals surface area contributed by atoms with Crippen molar-refractivity contribution in [3.8, 4) is 0 Å². The first-order chi connectivity index (χ1) is 18.2. The van der Waals surface area contributed by atoms with Crippen molar-refractivity contribution in [2.75, 3.05) is 0 Å². The maximum atomic E-state index is 2.26. The van der Waals surface area contributed by atoms with Crippen LogP contribution in [0.15, 0.2) is 140 Å². The number of rotatable bonds is 9. The molecule has 188 valence electrons. The van der Waals surface area contributed by atoms with Crippen LogP contribution in [0.2, 0.25) is 0 Å². The van der Waals surface area contributed by atoms with Gasteiger partial charge in [-0.1, -0.05) is 141 Å². The van der Waals surface area contributed by atoms with Gasteiger partial charge in [-0.15, -0.1) is 0 Å². The maximum absolute atomic E-state index is 2.26. The van der Waals surface area contributed by atoms with Gasteiger partial charge in [0, 0.05) is 0 Å². The Kier molecular flexibility index (Phi) is 9.54. The highest BCUT2D eigenvalue weighted by atomic mass is 15.1. The Bertz CT molecular complexity index is 1140. The minimum absolute atomic E-state index is 1.17. The van der Waals surface area contributed by atoms with Crippen molar-refractivity contribution >= 4 is 28.0 Å². The van der Waals surface area contributed by atoms with Crippen LogP contribution in [0.4, 0.5) is 0 Å². The van der Waals surface area contributed by atoms with E-state index in [9.17, 15) is 0 Å². The van der Waals surface area contributed by atoms with Crippen LogP contribution in [0.25, 0.3) is 0 Å². The standard InChI is InChI=1S/C24H20B.C10H19N2/c1-5-13-21(14-6-1)25(22-15-7-2-8-16-22,23-17-9-3-10-18-23)24-19-11-4-12-20-24;1-3-4-5-6-7-12-9-8-11(2)10-12/h1-20H;8-10H,3-7H2,1-2H3/q-1;+1. The lowest BCUT2D eigenvalue weighted by molar-refractivity contribution is -0.696. The SMILES string of the molecule is CCCCCC[n+]1ccn(C)c1.c1ccc([B-](c2ccccc2)(c2ccccc2)c2ccccc2)cc1. The summed E-state index contributed by atoms with van der Waals surface area (Å²) in [5, 5.41) is 0. The van der Waals surface area contributed by atoms with Gasteiger partial charge in [0.2, 0.25) is 6.33 Å². The third-order valence-electron chi connectivity index (χ3n) is 7.29. The molecule has 0 aliphatic carbocycles. The van der Waals surface area contributed by atoms with Crippen molar-refractivity contribution in [2.24, 2.45) is 7.05 Å². The third kappa shape index (κ3) is 6.48. The normalized spacial score (nSPS) is 11.0. The van der Waals surface area contributed by atoms with E-state index >= 15 is 0 Å². The van der Waals surface area contributed by atoms with E-state index in [1.165, 1.54) is 54.1 Å². The summed E-state index contributed by atoms with van der Waals surface area (Å²) >= 11 is 0. The molecule has 0 N–H and O–H groups in total. The molecule has 0 saturated heterocycles. The number of aromatic nitrogens is 2. The van der Waals surface area contributed by atoms with Crippen LogP contribution in [0.1, 0.15) is 32.6 Å². The molecule has 0 saturated carbocycles. The van der Waals surface area contributed by atoms with Gasteiger partial charge in [0.05, 0.1) is 13.6 Å². The minimum Gasteiger partial charge on any atom is -0.240 e. The molecule has 3 heteroatoms. The molecule has 5 aromatic rings. The summed E-state index contributed by atoms with van der Waals surface area (Å²) in [5.41, 5.74) is 5.36. The van der Waals surface area contributed by atoms with Crippen molar-refractivity contribution in [3.63, 3.8) is 0 Å². The predicted octanol–water partition coefficient (Wildman–Crippen LogP) is 4.96. The van der Waals surface area contributed by atoms with Crippen LogP contribution in [-0.2, 0) is 13.6 Å². The van der Waals surface area contributed by atoms with Crippen LogP contribution in [0, 0.1) is 0 Å². The summed E-state index contributed by atoms with van der Waals surface area (Å²) in [7, 11) is 2.06. The highest BCUT2D eigenvalue weighted by Gasteiger charge is 2.31. The van der Waals surface area contributed by atoms with E-state index in [4.69, 9.17) is 0 Å². The lowest BCUT2D eigenvalue weighted by Gasteiger charge is -2.44. The molecule has 2 nitrogen and oxygen atoms in total. The van der Waals surface area contributed by atoms with Gasteiger partial charge in [0.25, 0.3) is 0 Å². The molecule has 37 heavy (non-hydrogen) atoms. The highest BCUT2D eigenvalue weighted by Crippen LogP contribution is 2.09. The minimum atomic E-state index is -1.22. The molecular weight excluding hydrogens is 447 g/mol. The number of unbranched alkanes of at least 4 members (excludes halogenated alkanes) is 3. The fraction of sp³-hybridized carbons (Fsp3) is 0.206. The van der Waals surface area contributed by atoms with Gasteiger partial charge in [-0.25, -0.2) is 9.13 Å². The third-order valence-corrected chi connectivity index (χ3v) is 7.29. The van der Waals surface area contributed by atoms with E-state index in [0.717, 1.165) is 0 Å². The second kappa shape index (κ2) is 13.5. The van der Waals surface area contributed by atoms with E-state index in [1.807, 2.05) is 0 Å². The first-order valence-corrected chi connectivity index (χ1v) is 13.6. The smallest absolute Gasteiger partial charge is 0.240 e. The number of hydrogen-bond donors (Lipinski definition) is 0. The molecule has 0 fully saturated rings. The Morgan fingerprint density at radius 3 is 1.30 bits per heavy atom. The van der Waals surface area contributed by atoms with Crippen LogP contribution >= 0.6 is 0 Å². The fourth-order valence-electron chi connectivity index (χ4n) is 5.48. The molecule has 0 unspecified atom stereocenters. The summed E-state index contributed by atoms with van der Waals surface area (Å²) in [5.74, 6) is 0. The van der Waals surface area contributed by atoms with Crippen molar-refractivity contribution in [1.82, 2.24) is 4.57 Å². The molecule has 4 aromatic carbocycles. The van der Waals surface area contributed by atoms with Gasteiger partial charge in [0.15, 0.2) is 0 Å². The molecule has 0 aliphatic rings. The zero-order valence-corrected chi connectivity index (χ0v) is 22.3. The summed E-state index contributed by atoms with van der Waals surface area (Å²) in [6.45, 7) is 3.41. The Balaban J connectivity index is 0.000000225. The first kappa shape index (κ1) is 26.2. The Labute approximate surface area is 223 Å². The predicted molar refractivity (Wildman–Crippen MR) is 160 cm³/mol. The molecule has 5 rings (SSSR count). The number of nitrogens with zero attached hydrogens (tertiary/aromatic N) is 2. The molecule has 0 spiro atoms. The van der Waals surface area contributed by atoms with Crippen LogP contribution in [0.3, 0.4) is 0 Å². The second-order valence-electron chi connectivity index (χ2n) is 9.89. The van der Waals surface area contributed by atoms with Gasteiger partial charge < -0.3 is 0 Å². The summed E-state index contributed by atoms with van der Waals surface area (Å²) in [4.78, 5) is 0. The monoisotopic (exact) mass is 486 g/mol. The average molecular weight is 487 g/mol. The molecule has 0 atom stereocenters. The van der Waals surface area contributed by atoms with Crippen molar-refractivity contribution in [3.05, 3.63) is 140 Å². The summed E-state index contributed by atoms with van der Waals surface area (Å²) in [6.07, 6.45) is 10.5. The maximum Gasteiger partial charge on any atom is 0.243 e. The number of aryl methyl sites for hydroxylation is 2. The lowest BCUT2D eigenvalue weighted by Crippen LogP contribution is -2.74. The number of imidazole rings is 1. The van der Waals surface area contributed by atoms with Crippen molar-refractivity contribution in [1.29, 1.82) is 0 Å². The van der Waals surface area contributed by atoms with E-state index in [2.05, 4.69) is 163 Å². The quantitative estimate of drug-likeness (QED) is 0.158. The number of benzene rings is 4. The zero-order valence-electron chi connectivity index (χ0n) is 22.3. The second-order valence-corrected chi connectivity index (χ2v) is 9.89. The van der Waals surface area contributed by atoms with Gasteiger partial charge in [0.1, 0.15) is 18.5 Å². The molecule has 0 radical (unpaired) electrons. The van der Waals surface area contributed by atoms with E-state index in [1.54, 1.807) is 0 Å². The Morgan fingerprint density at radius 2 is 0.973 bits per heavy atom. The molecule has 0 aliphatic heterocycles.